The fourth-order valence-corrected chi connectivity index (χ4v) is 4.87. The van der Waals surface area contributed by atoms with Crippen LogP contribution in [0.3, 0.4) is 0 Å². The highest BCUT2D eigenvalue weighted by atomic mass is 16.2. The first-order chi connectivity index (χ1) is 16.5. The van der Waals surface area contributed by atoms with E-state index in [4.69, 9.17) is 0 Å². The van der Waals surface area contributed by atoms with E-state index in [9.17, 15) is 14.4 Å². The van der Waals surface area contributed by atoms with E-state index in [0.717, 1.165) is 23.1 Å². The van der Waals surface area contributed by atoms with Crippen LogP contribution in [0.2, 0.25) is 0 Å². The van der Waals surface area contributed by atoms with Crippen LogP contribution >= 0.6 is 0 Å². The summed E-state index contributed by atoms with van der Waals surface area (Å²) in [6.45, 7) is 3.37. The molecule has 0 bridgehead atoms. The van der Waals surface area contributed by atoms with Crippen molar-refractivity contribution in [3.63, 3.8) is 0 Å². The van der Waals surface area contributed by atoms with Crippen molar-refractivity contribution in [3.8, 4) is 0 Å². The second-order valence-corrected chi connectivity index (χ2v) is 8.97. The molecule has 1 saturated heterocycles. The SMILES string of the molecule is Cc1cccc(CNC(=O)c2cccc(CN3C(=O)[C@@H]4CCCN4C(=O)c4ccccc43)c2)c1. The lowest BCUT2D eigenvalue weighted by molar-refractivity contribution is -0.122. The van der Waals surface area contributed by atoms with Gasteiger partial charge < -0.3 is 15.1 Å². The smallest absolute Gasteiger partial charge is 0.256 e. The number of aryl methyl sites for hydroxylation is 1. The minimum absolute atomic E-state index is 0.0647. The highest BCUT2D eigenvalue weighted by Gasteiger charge is 2.41. The van der Waals surface area contributed by atoms with Gasteiger partial charge in [0.25, 0.3) is 11.8 Å². The number of anilines is 1. The summed E-state index contributed by atoms with van der Waals surface area (Å²) in [6.07, 6.45) is 1.51. The van der Waals surface area contributed by atoms with E-state index < -0.39 is 6.04 Å². The first kappa shape index (κ1) is 21.9. The molecule has 2 heterocycles. The minimum Gasteiger partial charge on any atom is -0.348 e. The molecule has 2 aliphatic rings. The normalized spacial score (nSPS) is 17.3. The van der Waals surface area contributed by atoms with Crippen molar-refractivity contribution in [2.75, 3.05) is 11.4 Å². The van der Waals surface area contributed by atoms with Crippen LogP contribution in [0.1, 0.15) is 50.2 Å². The van der Waals surface area contributed by atoms with Crippen LogP contribution in [0.4, 0.5) is 5.69 Å². The van der Waals surface area contributed by atoms with Crippen molar-refractivity contribution in [1.29, 1.82) is 0 Å². The van der Waals surface area contributed by atoms with E-state index in [2.05, 4.69) is 5.32 Å². The molecule has 0 radical (unpaired) electrons. The van der Waals surface area contributed by atoms with Gasteiger partial charge in [-0.05, 0) is 55.2 Å². The molecule has 6 heteroatoms. The van der Waals surface area contributed by atoms with Gasteiger partial charge in [0.15, 0.2) is 0 Å². The van der Waals surface area contributed by atoms with Gasteiger partial charge in [0, 0.05) is 18.7 Å². The van der Waals surface area contributed by atoms with Crippen LogP contribution in [-0.2, 0) is 17.9 Å². The molecule has 0 aliphatic carbocycles. The van der Waals surface area contributed by atoms with Gasteiger partial charge in [0.1, 0.15) is 6.04 Å². The molecule has 0 aromatic heterocycles. The van der Waals surface area contributed by atoms with Crippen molar-refractivity contribution >= 4 is 23.4 Å². The molecule has 3 amide bonds. The van der Waals surface area contributed by atoms with E-state index in [1.165, 1.54) is 0 Å². The number of carbonyl (C=O) groups is 3. The Morgan fingerprint density at radius 1 is 0.971 bits per heavy atom. The summed E-state index contributed by atoms with van der Waals surface area (Å²) in [5, 5.41) is 2.97. The molecule has 34 heavy (non-hydrogen) atoms. The predicted molar refractivity (Wildman–Crippen MR) is 130 cm³/mol. The summed E-state index contributed by atoms with van der Waals surface area (Å²) in [7, 11) is 0. The average molecular weight is 454 g/mol. The zero-order valence-electron chi connectivity index (χ0n) is 19.2. The van der Waals surface area contributed by atoms with Crippen LogP contribution < -0.4 is 10.2 Å². The first-order valence-corrected chi connectivity index (χ1v) is 11.7. The van der Waals surface area contributed by atoms with Crippen LogP contribution in [0.5, 0.6) is 0 Å². The molecule has 3 aromatic carbocycles. The molecule has 2 aliphatic heterocycles. The van der Waals surface area contributed by atoms with Gasteiger partial charge in [-0.3, -0.25) is 14.4 Å². The summed E-state index contributed by atoms with van der Waals surface area (Å²) in [5.74, 6) is -0.313. The van der Waals surface area contributed by atoms with Gasteiger partial charge in [-0.25, -0.2) is 0 Å². The number of fused-ring (bicyclic) bond motifs is 2. The van der Waals surface area contributed by atoms with Crippen LogP contribution in [-0.4, -0.2) is 35.2 Å². The molecule has 0 unspecified atom stereocenters. The van der Waals surface area contributed by atoms with Crippen molar-refractivity contribution < 1.29 is 14.4 Å². The van der Waals surface area contributed by atoms with Crippen LogP contribution in [0, 0.1) is 6.92 Å². The maximum Gasteiger partial charge on any atom is 0.256 e. The fourth-order valence-electron chi connectivity index (χ4n) is 4.87. The van der Waals surface area contributed by atoms with Gasteiger partial charge in [-0.15, -0.1) is 0 Å². The molecule has 1 atom stereocenters. The summed E-state index contributed by atoms with van der Waals surface area (Å²) >= 11 is 0. The largest absolute Gasteiger partial charge is 0.348 e. The van der Waals surface area contributed by atoms with E-state index in [0.29, 0.717) is 42.9 Å². The summed E-state index contributed by atoms with van der Waals surface area (Å²) in [5.41, 5.74) is 4.75. The standard InChI is InChI=1S/C28H27N3O3/c1-19-7-4-8-20(15-19)17-29-26(32)22-10-5-9-21(16-22)18-31-24-12-3-2-11-23(24)27(33)30-14-6-13-25(30)28(31)34/h2-5,7-12,15-16,25H,6,13-14,17-18H2,1H3,(H,29,32)/t25-/m0/s1. The zero-order chi connectivity index (χ0) is 23.7. The van der Waals surface area contributed by atoms with E-state index >= 15 is 0 Å². The van der Waals surface area contributed by atoms with Crippen molar-refractivity contribution in [2.24, 2.45) is 0 Å². The third-order valence-corrected chi connectivity index (χ3v) is 6.56. The lowest BCUT2D eigenvalue weighted by atomic mass is 10.1. The Morgan fingerprint density at radius 2 is 1.76 bits per heavy atom. The maximum absolute atomic E-state index is 13.5. The number of amides is 3. The van der Waals surface area contributed by atoms with Crippen LogP contribution in [0.15, 0.2) is 72.8 Å². The maximum atomic E-state index is 13.5. The summed E-state index contributed by atoms with van der Waals surface area (Å²) in [4.78, 5) is 42.8. The van der Waals surface area contributed by atoms with Crippen molar-refractivity contribution in [1.82, 2.24) is 10.2 Å². The van der Waals surface area contributed by atoms with Crippen molar-refractivity contribution in [3.05, 3.63) is 101 Å². The first-order valence-electron chi connectivity index (χ1n) is 11.7. The third kappa shape index (κ3) is 4.19. The van der Waals surface area contributed by atoms with Gasteiger partial charge in [-0.1, -0.05) is 54.1 Å². The Bertz CT molecular complexity index is 1270. The number of rotatable bonds is 5. The van der Waals surface area contributed by atoms with Gasteiger partial charge in [-0.2, -0.15) is 0 Å². The van der Waals surface area contributed by atoms with E-state index in [1.54, 1.807) is 21.9 Å². The highest BCUT2D eigenvalue weighted by molar-refractivity contribution is 6.11. The van der Waals surface area contributed by atoms with Gasteiger partial charge in [0.05, 0.1) is 17.8 Å². The molecular weight excluding hydrogens is 426 g/mol. The Balaban J connectivity index is 1.38. The Labute approximate surface area is 199 Å². The van der Waals surface area contributed by atoms with Crippen LogP contribution in [0.25, 0.3) is 0 Å². The quantitative estimate of drug-likeness (QED) is 0.633. The highest BCUT2D eigenvalue weighted by Crippen LogP contribution is 2.33. The molecule has 172 valence electrons. The molecule has 3 aromatic rings. The Kier molecular flexibility index (Phi) is 5.88. The lowest BCUT2D eigenvalue weighted by Crippen LogP contribution is -2.44. The number of nitrogens with zero attached hydrogens (tertiary/aromatic N) is 2. The topological polar surface area (TPSA) is 69.7 Å². The molecule has 1 fully saturated rings. The zero-order valence-corrected chi connectivity index (χ0v) is 19.2. The van der Waals surface area contributed by atoms with Crippen molar-refractivity contribution in [2.45, 2.75) is 38.9 Å². The molecule has 6 nitrogen and oxygen atoms in total. The van der Waals surface area contributed by atoms with Gasteiger partial charge >= 0.3 is 0 Å². The second-order valence-electron chi connectivity index (χ2n) is 8.97. The number of benzene rings is 3. The predicted octanol–water partition coefficient (Wildman–Crippen LogP) is 4.08. The van der Waals surface area contributed by atoms with E-state index in [1.807, 2.05) is 67.6 Å². The average Bonchev–Trinajstić information content (AvgIpc) is 3.33. The fraction of sp³-hybridized carbons (Fsp3) is 0.250. The summed E-state index contributed by atoms with van der Waals surface area (Å²) in [6, 6.07) is 22.2. The number of hydrogen-bond acceptors (Lipinski definition) is 3. The monoisotopic (exact) mass is 453 g/mol. The Hall–Kier alpha value is -3.93. The lowest BCUT2D eigenvalue weighted by Gasteiger charge is -2.26. The number of para-hydroxylation sites is 1. The molecule has 0 saturated carbocycles. The number of carbonyl (C=O) groups excluding carboxylic acids is 3. The summed E-state index contributed by atoms with van der Waals surface area (Å²) < 4.78 is 0. The minimum atomic E-state index is -0.430. The molecule has 0 spiro atoms. The molecular formula is C28H27N3O3. The molecule has 5 rings (SSSR count). The molecule has 1 N–H and O–H groups in total. The van der Waals surface area contributed by atoms with E-state index in [-0.39, 0.29) is 17.7 Å². The Morgan fingerprint density at radius 3 is 2.62 bits per heavy atom. The third-order valence-electron chi connectivity index (χ3n) is 6.56. The number of hydrogen-bond donors (Lipinski definition) is 1. The second kappa shape index (κ2) is 9.14. The number of nitrogens with one attached hydrogen (secondary N) is 1. The van der Waals surface area contributed by atoms with Gasteiger partial charge in [0.2, 0.25) is 5.91 Å².